The summed E-state index contributed by atoms with van der Waals surface area (Å²) in [6.07, 6.45) is 5.57. The average Bonchev–Trinajstić information content (AvgIpc) is 2.60. The first-order chi connectivity index (χ1) is 11.2. The molecule has 1 aromatic carbocycles. The third kappa shape index (κ3) is 5.14. The van der Waals surface area contributed by atoms with Crippen LogP contribution < -0.4 is 14.8 Å². The number of benzene rings is 1. The second-order valence-corrected chi connectivity index (χ2v) is 4.82. The van der Waals surface area contributed by atoms with Crippen LogP contribution in [0.2, 0.25) is 0 Å². The van der Waals surface area contributed by atoms with E-state index in [9.17, 15) is 4.79 Å². The maximum atomic E-state index is 11.8. The summed E-state index contributed by atoms with van der Waals surface area (Å²) in [4.78, 5) is 15.9. The first kappa shape index (κ1) is 16.5. The van der Waals surface area contributed by atoms with Crippen molar-refractivity contribution < 1.29 is 14.3 Å². The molecule has 0 saturated heterocycles. The van der Waals surface area contributed by atoms with Gasteiger partial charge < -0.3 is 14.8 Å². The summed E-state index contributed by atoms with van der Waals surface area (Å²) in [7, 11) is 3.21. The van der Waals surface area contributed by atoms with Crippen LogP contribution in [0.15, 0.2) is 48.7 Å². The quantitative estimate of drug-likeness (QED) is 0.798. The standard InChI is InChI=1S/C18H20N2O3/c1-22-16-8-6-14(13-17(16)23-2)10-12-20-18(21)9-7-15-5-3-4-11-19-15/h3-9,11,13H,10,12H2,1-2H3,(H,20,21)/b9-7+. The number of amides is 1. The Morgan fingerprint density at radius 2 is 2.00 bits per heavy atom. The Morgan fingerprint density at radius 3 is 2.70 bits per heavy atom. The van der Waals surface area contributed by atoms with Gasteiger partial charge in [0.05, 0.1) is 19.9 Å². The molecule has 1 heterocycles. The zero-order valence-electron chi connectivity index (χ0n) is 13.3. The fraction of sp³-hybridized carbons (Fsp3) is 0.222. The van der Waals surface area contributed by atoms with Gasteiger partial charge in [0.15, 0.2) is 11.5 Å². The molecule has 120 valence electrons. The molecule has 0 spiro atoms. The Balaban J connectivity index is 1.82. The minimum atomic E-state index is -0.142. The van der Waals surface area contributed by atoms with E-state index in [1.54, 1.807) is 26.5 Å². The summed E-state index contributed by atoms with van der Waals surface area (Å²) in [5.74, 6) is 1.24. The van der Waals surface area contributed by atoms with Crippen molar-refractivity contribution in [2.75, 3.05) is 20.8 Å². The summed E-state index contributed by atoms with van der Waals surface area (Å²) in [5, 5.41) is 2.84. The summed E-state index contributed by atoms with van der Waals surface area (Å²) < 4.78 is 10.5. The molecule has 0 radical (unpaired) electrons. The van der Waals surface area contributed by atoms with E-state index in [-0.39, 0.29) is 5.91 Å². The van der Waals surface area contributed by atoms with Crippen LogP contribution in [0.4, 0.5) is 0 Å². The Morgan fingerprint density at radius 1 is 1.17 bits per heavy atom. The number of hydrogen-bond acceptors (Lipinski definition) is 4. The third-order valence-electron chi connectivity index (χ3n) is 3.25. The summed E-state index contributed by atoms with van der Waals surface area (Å²) in [6, 6.07) is 11.3. The average molecular weight is 312 g/mol. The van der Waals surface area contributed by atoms with Crippen LogP contribution in [0.1, 0.15) is 11.3 Å². The predicted molar refractivity (Wildman–Crippen MR) is 89.5 cm³/mol. The van der Waals surface area contributed by atoms with Gasteiger partial charge in [-0.3, -0.25) is 9.78 Å². The number of ether oxygens (including phenoxy) is 2. The molecule has 0 unspecified atom stereocenters. The smallest absolute Gasteiger partial charge is 0.244 e. The molecular weight excluding hydrogens is 292 g/mol. The van der Waals surface area contributed by atoms with E-state index < -0.39 is 0 Å². The number of aromatic nitrogens is 1. The Bertz CT molecular complexity index is 669. The number of pyridine rings is 1. The van der Waals surface area contributed by atoms with Gasteiger partial charge in [-0.05, 0) is 42.3 Å². The first-order valence-corrected chi connectivity index (χ1v) is 7.31. The van der Waals surface area contributed by atoms with Crippen LogP contribution >= 0.6 is 0 Å². The topological polar surface area (TPSA) is 60.5 Å². The van der Waals surface area contributed by atoms with E-state index in [0.717, 1.165) is 11.3 Å². The van der Waals surface area contributed by atoms with Gasteiger partial charge >= 0.3 is 0 Å². The highest BCUT2D eigenvalue weighted by Gasteiger charge is 2.04. The molecule has 0 saturated carbocycles. The molecule has 0 bridgehead atoms. The second kappa shape index (κ2) is 8.58. The SMILES string of the molecule is COc1ccc(CCNC(=O)/C=C/c2ccccn2)cc1OC. The molecule has 2 rings (SSSR count). The predicted octanol–water partition coefficient (Wildman–Crippen LogP) is 2.47. The largest absolute Gasteiger partial charge is 0.493 e. The molecule has 1 amide bonds. The molecule has 0 aliphatic heterocycles. The third-order valence-corrected chi connectivity index (χ3v) is 3.25. The molecule has 0 aliphatic carbocycles. The maximum absolute atomic E-state index is 11.8. The minimum Gasteiger partial charge on any atom is -0.493 e. The van der Waals surface area contributed by atoms with Crippen LogP contribution in [0, 0.1) is 0 Å². The summed E-state index contributed by atoms with van der Waals surface area (Å²) in [5.41, 5.74) is 1.82. The van der Waals surface area contributed by atoms with E-state index in [0.29, 0.717) is 24.5 Å². The van der Waals surface area contributed by atoms with Crippen LogP contribution in [0.25, 0.3) is 6.08 Å². The molecule has 1 aromatic heterocycles. The minimum absolute atomic E-state index is 0.142. The number of hydrogen-bond donors (Lipinski definition) is 1. The molecule has 0 atom stereocenters. The Hall–Kier alpha value is -2.82. The Kier molecular flexibility index (Phi) is 6.17. The lowest BCUT2D eigenvalue weighted by atomic mass is 10.1. The zero-order valence-corrected chi connectivity index (χ0v) is 13.3. The van der Waals surface area contributed by atoms with E-state index in [2.05, 4.69) is 10.3 Å². The number of methoxy groups -OCH3 is 2. The van der Waals surface area contributed by atoms with Crippen molar-refractivity contribution in [3.63, 3.8) is 0 Å². The molecular formula is C18H20N2O3. The number of rotatable bonds is 7. The molecule has 1 N–H and O–H groups in total. The monoisotopic (exact) mass is 312 g/mol. The highest BCUT2D eigenvalue weighted by molar-refractivity contribution is 5.91. The molecule has 5 heteroatoms. The van der Waals surface area contributed by atoms with Crippen molar-refractivity contribution in [1.82, 2.24) is 10.3 Å². The molecule has 0 fully saturated rings. The number of nitrogens with one attached hydrogen (secondary N) is 1. The van der Waals surface area contributed by atoms with Crippen LogP contribution in [-0.2, 0) is 11.2 Å². The molecule has 2 aromatic rings. The van der Waals surface area contributed by atoms with Crippen molar-refractivity contribution in [2.24, 2.45) is 0 Å². The van der Waals surface area contributed by atoms with Gasteiger partial charge in [-0.25, -0.2) is 0 Å². The van der Waals surface area contributed by atoms with Crippen LogP contribution in [0.3, 0.4) is 0 Å². The molecule has 0 aliphatic rings. The fourth-order valence-electron chi connectivity index (χ4n) is 2.06. The summed E-state index contributed by atoms with van der Waals surface area (Å²) >= 11 is 0. The van der Waals surface area contributed by atoms with E-state index in [1.807, 2.05) is 36.4 Å². The van der Waals surface area contributed by atoms with Gasteiger partial charge in [0.25, 0.3) is 0 Å². The van der Waals surface area contributed by atoms with Gasteiger partial charge in [-0.1, -0.05) is 12.1 Å². The van der Waals surface area contributed by atoms with Crippen molar-refractivity contribution in [2.45, 2.75) is 6.42 Å². The van der Waals surface area contributed by atoms with Crippen molar-refractivity contribution in [1.29, 1.82) is 0 Å². The number of carbonyl (C=O) groups excluding carboxylic acids is 1. The zero-order chi connectivity index (χ0) is 16.5. The number of carbonyl (C=O) groups is 1. The van der Waals surface area contributed by atoms with E-state index in [4.69, 9.17) is 9.47 Å². The molecule has 23 heavy (non-hydrogen) atoms. The highest BCUT2D eigenvalue weighted by atomic mass is 16.5. The van der Waals surface area contributed by atoms with Gasteiger partial charge in [-0.15, -0.1) is 0 Å². The van der Waals surface area contributed by atoms with Gasteiger partial charge in [-0.2, -0.15) is 0 Å². The lowest BCUT2D eigenvalue weighted by molar-refractivity contribution is -0.116. The van der Waals surface area contributed by atoms with E-state index >= 15 is 0 Å². The lowest BCUT2D eigenvalue weighted by Gasteiger charge is -2.09. The van der Waals surface area contributed by atoms with Gasteiger partial charge in [0, 0.05) is 18.8 Å². The van der Waals surface area contributed by atoms with Crippen LogP contribution in [0.5, 0.6) is 11.5 Å². The number of nitrogens with zero attached hydrogens (tertiary/aromatic N) is 1. The first-order valence-electron chi connectivity index (χ1n) is 7.31. The van der Waals surface area contributed by atoms with Crippen LogP contribution in [-0.4, -0.2) is 31.7 Å². The van der Waals surface area contributed by atoms with Crippen molar-refractivity contribution >= 4 is 12.0 Å². The van der Waals surface area contributed by atoms with Gasteiger partial charge in [0.2, 0.25) is 5.91 Å². The lowest BCUT2D eigenvalue weighted by Crippen LogP contribution is -2.23. The second-order valence-electron chi connectivity index (χ2n) is 4.82. The normalized spacial score (nSPS) is 10.5. The van der Waals surface area contributed by atoms with E-state index in [1.165, 1.54) is 6.08 Å². The molecule has 5 nitrogen and oxygen atoms in total. The van der Waals surface area contributed by atoms with Crippen molar-refractivity contribution in [3.05, 3.63) is 59.9 Å². The summed E-state index contributed by atoms with van der Waals surface area (Å²) in [6.45, 7) is 0.543. The fourth-order valence-corrected chi connectivity index (χ4v) is 2.06. The van der Waals surface area contributed by atoms with Crippen molar-refractivity contribution in [3.8, 4) is 11.5 Å². The maximum Gasteiger partial charge on any atom is 0.244 e. The Labute approximate surface area is 136 Å². The highest BCUT2D eigenvalue weighted by Crippen LogP contribution is 2.27. The van der Waals surface area contributed by atoms with Gasteiger partial charge in [0.1, 0.15) is 0 Å².